The molecule has 0 spiro atoms. The zero-order valence-electron chi connectivity index (χ0n) is 12.1. The van der Waals surface area contributed by atoms with E-state index in [1.54, 1.807) is 0 Å². The molecule has 0 radical (unpaired) electrons. The van der Waals surface area contributed by atoms with E-state index in [2.05, 4.69) is 20.4 Å². The third-order valence-corrected chi connectivity index (χ3v) is 3.80. The zero-order valence-corrected chi connectivity index (χ0v) is 12.1. The quantitative estimate of drug-likeness (QED) is 0.535. The summed E-state index contributed by atoms with van der Waals surface area (Å²) in [5.74, 6) is -0.146. The van der Waals surface area contributed by atoms with Crippen LogP contribution in [-0.4, -0.2) is 18.9 Å². The lowest BCUT2D eigenvalue weighted by atomic mass is 9.72. The molecule has 1 fully saturated rings. The number of rotatable bonds is 6. The highest BCUT2D eigenvalue weighted by atomic mass is 16.7. The van der Waals surface area contributed by atoms with Gasteiger partial charge in [-0.15, -0.1) is 6.58 Å². The maximum atomic E-state index is 12.3. The molecular formula is C15H26O3. The fraction of sp³-hybridized carbons (Fsp3) is 0.800. The Balaban J connectivity index is 2.67. The SMILES string of the molecule is C=CC(C)(C)CC(C)(CC)C(=O)OC1CCCO1. The van der Waals surface area contributed by atoms with Gasteiger partial charge in [0, 0.05) is 6.42 Å². The van der Waals surface area contributed by atoms with Gasteiger partial charge in [0.25, 0.3) is 0 Å². The lowest BCUT2D eigenvalue weighted by Gasteiger charge is -2.34. The Morgan fingerprint density at radius 3 is 2.61 bits per heavy atom. The molecule has 0 saturated carbocycles. The second-order valence-corrected chi connectivity index (χ2v) is 6.13. The molecule has 0 aromatic heterocycles. The number of ether oxygens (including phenoxy) is 2. The molecule has 3 nitrogen and oxygen atoms in total. The summed E-state index contributed by atoms with van der Waals surface area (Å²) in [7, 11) is 0. The van der Waals surface area contributed by atoms with Crippen LogP contribution in [-0.2, 0) is 14.3 Å². The van der Waals surface area contributed by atoms with E-state index in [-0.39, 0.29) is 17.7 Å². The number of carbonyl (C=O) groups excluding carboxylic acids is 1. The molecule has 2 atom stereocenters. The second kappa shape index (κ2) is 5.87. The first-order valence-electron chi connectivity index (χ1n) is 6.79. The van der Waals surface area contributed by atoms with Gasteiger partial charge in [0.05, 0.1) is 12.0 Å². The predicted octanol–water partition coefficient (Wildman–Crippen LogP) is 3.68. The van der Waals surface area contributed by atoms with E-state index < -0.39 is 5.41 Å². The van der Waals surface area contributed by atoms with Gasteiger partial charge in [-0.2, -0.15) is 0 Å². The van der Waals surface area contributed by atoms with Crippen LogP contribution in [0.15, 0.2) is 12.7 Å². The van der Waals surface area contributed by atoms with E-state index in [9.17, 15) is 4.79 Å². The first-order chi connectivity index (χ1) is 8.33. The van der Waals surface area contributed by atoms with Gasteiger partial charge in [0.1, 0.15) is 0 Å². The molecule has 0 amide bonds. The molecule has 3 heteroatoms. The van der Waals surface area contributed by atoms with E-state index in [0.29, 0.717) is 6.61 Å². The topological polar surface area (TPSA) is 35.5 Å². The van der Waals surface area contributed by atoms with Crippen LogP contribution in [0.1, 0.15) is 53.4 Å². The first-order valence-corrected chi connectivity index (χ1v) is 6.79. The minimum atomic E-state index is -0.469. The highest BCUT2D eigenvalue weighted by Crippen LogP contribution is 2.38. The summed E-state index contributed by atoms with van der Waals surface area (Å²) in [5, 5.41) is 0. The summed E-state index contributed by atoms with van der Waals surface area (Å²) < 4.78 is 10.8. The molecule has 2 unspecified atom stereocenters. The van der Waals surface area contributed by atoms with Crippen LogP contribution in [0.25, 0.3) is 0 Å². The van der Waals surface area contributed by atoms with Gasteiger partial charge in [-0.1, -0.05) is 26.8 Å². The normalized spacial score (nSPS) is 23.4. The summed E-state index contributed by atoms with van der Waals surface area (Å²) in [4.78, 5) is 12.3. The Bertz CT molecular complexity index is 303. The van der Waals surface area contributed by atoms with Gasteiger partial charge in [-0.3, -0.25) is 4.79 Å². The van der Waals surface area contributed by atoms with Gasteiger partial charge in [-0.05, 0) is 31.6 Å². The lowest BCUT2D eigenvalue weighted by Crippen LogP contribution is -2.36. The molecule has 0 N–H and O–H groups in total. The summed E-state index contributed by atoms with van der Waals surface area (Å²) in [6.07, 6.45) is 4.85. The van der Waals surface area contributed by atoms with Crippen molar-refractivity contribution >= 4 is 5.97 Å². The third kappa shape index (κ3) is 3.84. The van der Waals surface area contributed by atoms with Crippen LogP contribution in [0.4, 0.5) is 0 Å². The van der Waals surface area contributed by atoms with Crippen molar-refractivity contribution < 1.29 is 14.3 Å². The average Bonchev–Trinajstić information content (AvgIpc) is 2.81. The molecular weight excluding hydrogens is 228 g/mol. The Morgan fingerprint density at radius 2 is 2.17 bits per heavy atom. The number of carbonyl (C=O) groups is 1. The summed E-state index contributed by atoms with van der Waals surface area (Å²) in [5.41, 5.74) is -0.538. The standard InChI is InChI=1S/C15H26O3/c1-6-14(3,4)11-15(5,7-2)13(16)18-12-9-8-10-17-12/h6,12H,1,7-11H2,2-5H3. The van der Waals surface area contributed by atoms with Crippen molar-refractivity contribution in [3.05, 3.63) is 12.7 Å². The number of hydrogen-bond donors (Lipinski definition) is 0. The number of allylic oxidation sites excluding steroid dienone is 1. The summed E-state index contributed by atoms with van der Waals surface area (Å²) in [6, 6.07) is 0. The van der Waals surface area contributed by atoms with Gasteiger partial charge in [0.2, 0.25) is 6.29 Å². The molecule has 104 valence electrons. The third-order valence-electron chi connectivity index (χ3n) is 3.80. The Kier molecular flexibility index (Phi) is 4.97. The number of esters is 1. The van der Waals surface area contributed by atoms with E-state index in [1.807, 2.05) is 19.9 Å². The van der Waals surface area contributed by atoms with Gasteiger partial charge >= 0.3 is 5.97 Å². The lowest BCUT2D eigenvalue weighted by molar-refractivity contribution is -0.182. The average molecular weight is 254 g/mol. The minimum Gasteiger partial charge on any atom is -0.435 e. The van der Waals surface area contributed by atoms with Crippen LogP contribution in [0.2, 0.25) is 0 Å². The second-order valence-electron chi connectivity index (χ2n) is 6.13. The molecule has 1 aliphatic rings. The Hall–Kier alpha value is -0.830. The maximum Gasteiger partial charge on any atom is 0.314 e. The smallest absolute Gasteiger partial charge is 0.314 e. The highest BCUT2D eigenvalue weighted by molar-refractivity contribution is 5.76. The predicted molar refractivity (Wildman–Crippen MR) is 72.1 cm³/mol. The van der Waals surface area contributed by atoms with Crippen molar-refractivity contribution in [3.8, 4) is 0 Å². The minimum absolute atomic E-state index is 0.0691. The summed E-state index contributed by atoms with van der Waals surface area (Å²) >= 11 is 0. The van der Waals surface area contributed by atoms with Crippen molar-refractivity contribution in [2.45, 2.75) is 59.7 Å². The molecule has 18 heavy (non-hydrogen) atoms. The van der Waals surface area contributed by atoms with E-state index in [4.69, 9.17) is 9.47 Å². The van der Waals surface area contributed by atoms with Crippen LogP contribution in [0, 0.1) is 10.8 Å². The Morgan fingerprint density at radius 1 is 1.50 bits per heavy atom. The molecule has 0 aromatic carbocycles. The molecule has 1 aliphatic heterocycles. The first kappa shape index (κ1) is 15.2. The molecule has 1 saturated heterocycles. The van der Waals surface area contributed by atoms with Crippen molar-refractivity contribution in [2.24, 2.45) is 10.8 Å². The van der Waals surface area contributed by atoms with Gasteiger partial charge in [-0.25, -0.2) is 0 Å². The van der Waals surface area contributed by atoms with E-state index in [0.717, 1.165) is 25.7 Å². The highest BCUT2D eigenvalue weighted by Gasteiger charge is 2.39. The van der Waals surface area contributed by atoms with Crippen molar-refractivity contribution in [1.82, 2.24) is 0 Å². The Labute approximate surface area is 111 Å². The van der Waals surface area contributed by atoms with Crippen LogP contribution in [0.3, 0.4) is 0 Å². The van der Waals surface area contributed by atoms with Crippen molar-refractivity contribution in [1.29, 1.82) is 0 Å². The molecule has 0 aliphatic carbocycles. The zero-order chi connectivity index (χ0) is 13.8. The summed E-state index contributed by atoms with van der Waals surface area (Å²) in [6.45, 7) is 12.7. The largest absolute Gasteiger partial charge is 0.435 e. The molecule has 0 bridgehead atoms. The molecule has 1 heterocycles. The fourth-order valence-electron chi connectivity index (χ4n) is 2.32. The van der Waals surface area contributed by atoms with E-state index >= 15 is 0 Å². The van der Waals surface area contributed by atoms with Crippen LogP contribution in [0.5, 0.6) is 0 Å². The van der Waals surface area contributed by atoms with E-state index in [1.165, 1.54) is 0 Å². The fourth-order valence-corrected chi connectivity index (χ4v) is 2.32. The van der Waals surface area contributed by atoms with Gasteiger partial charge < -0.3 is 9.47 Å². The molecule has 0 aromatic rings. The van der Waals surface area contributed by atoms with Gasteiger partial charge in [0.15, 0.2) is 0 Å². The monoisotopic (exact) mass is 254 g/mol. The number of hydrogen-bond acceptors (Lipinski definition) is 3. The van der Waals surface area contributed by atoms with Crippen LogP contribution < -0.4 is 0 Å². The maximum absolute atomic E-state index is 12.3. The van der Waals surface area contributed by atoms with Crippen molar-refractivity contribution in [2.75, 3.05) is 6.61 Å². The molecule has 1 rings (SSSR count). The van der Waals surface area contributed by atoms with Crippen molar-refractivity contribution in [3.63, 3.8) is 0 Å². The van der Waals surface area contributed by atoms with Crippen LogP contribution >= 0.6 is 0 Å².